The Morgan fingerprint density at radius 3 is 2.72 bits per heavy atom. The lowest BCUT2D eigenvalue weighted by Crippen LogP contribution is -2.16. The molecule has 0 aliphatic carbocycles. The number of para-hydroxylation sites is 1. The second-order valence-electron chi connectivity index (χ2n) is 5.76. The highest BCUT2D eigenvalue weighted by Crippen LogP contribution is 2.33. The molecule has 0 saturated carbocycles. The summed E-state index contributed by atoms with van der Waals surface area (Å²) in [6.45, 7) is 0.691. The number of nitrogens with zero attached hydrogens (tertiary/aromatic N) is 1. The Kier molecular flexibility index (Phi) is 9.04. The molecule has 0 unspecified atom stereocenters. The number of benzene rings is 2. The number of carbonyl (C=O) groups is 1. The summed E-state index contributed by atoms with van der Waals surface area (Å²) in [5.41, 5.74) is 1.09. The maximum Gasteiger partial charge on any atom is 0.311 e. The Balaban J connectivity index is 1.93. The van der Waals surface area contributed by atoms with Crippen LogP contribution < -0.4 is 14.8 Å². The fourth-order valence-electron chi connectivity index (χ4n) is 2.40. The van der Waals surface area contributed by atoms with Gasteiger partial charge in [-0.05, 0) is 23.8 Å². The van der Waals surface area contributed by atoms with Crippen molar-refractivity contribution in [1.82, 2.24) is 0 Å². The van der Waals surface area contributed by atoms with Crippen molar-refractivity contribution in [3.63, 3.8) is 0 Å². The van der Waals surface area contributed by atoms with Gasteiger partial charge in [0.05, 0.1) is 35.1 Å². The summed E-state index contributed by atoms with van der Waals surface area (Å²) in [6.07, 6.45) is 0. The van der Waals surface area contributed by atoms with Crippen molar-refractivity contribution < 1.29 is 23.9 Å². The van der Waals surface area contributed by atoms with Crippen LogP contribution in [0.1, 0.15) is 5.56 Å². The van der Waals surface area contributed by atoms with Crippen LogP contribution in [0.2, 0.25) is 5.02 Å². The van der Waals surface area contributed by atoms with Crippen LogP contribution in [0, 0.1) is 10.1 Å². The minimum absolute atomic E-state index is 0.105. The van der Waals surface area contributed by atoms with Crippen molar-refractivity contribution in [3.8, 4) is 11.5 Å². The second kappa shape index (κ2) is 11.5. The zero-order chi connectivity index (χ0) is 21.2. The van der Waals surface area contributed by atoms with Crippen LogP contribution in [0.3, 0.4) is 0 Å². The van der Waals surface area contributed by atoms with Gasteiger partial charge in [0, 0.05) is 18.9 Å². The predicted octanol–water partition coefficient (Wildman–Crippen LogP) is 4.15. The SMILES string of the molecule is COCCOc1c(Cl)cccc1NC(=O)CSCc1ccc(OC)c([N+](=O)[O-])c1. The van der Waals surface area contributed by atoms with Gasteiger partial charge in [-0.25, -0.2) is 0 Å². The molecule has 0 aromatic heterocycles. The number of nitro groups is 1. The minimum atomic E-state index is -0.496. The van der Waals surface area contributed by atoms with Crippen LogP contribution >= 0.6 is 23.4 Å². The van der Waals surface area contributed by atoms with Gasteiger partial charge >= 0.3 is 5.69 Å². The van der Waals surface area contributed by atoms with E-state index in [1.807, 2.05) is 0 Å². The van der Waals surface area contributed by atoms with Gasteiger partial charge in [-0.1, -0.05) is 23.7 Å². The molecule has 0 saturated heterocycles. The van der Waals surface area contributed by atoms with E-state index in [1.54, 1.807) is 37.4 Å². The van der Waals surface area contributed by atoms with E-state index in [0.29, 0.717) is 35.4 Å². The molecule has 0 heterocycles. The molecule has 1 N–H and O–H groups in total. The summed E-state index contributed by atoms with van der Waals surface area (Å²) in [6, 6.07) is 9.81. The molecule has 156 valence electrons. The lowest BCUT2D eigenvalue weighted by Gasteiger charge is -2.13. The molecule has 29 heavy (non-hydrogen) atoms. The number of carbonyl (C=O) groups excluding carboxylic acids is 1. The summed E-state index contributed by atoms with van der Waals surface area (Å²) in [7, 11) is 2.94. The van der Waals surface area contributed by atoms with Gasteiger partial charge in [0.25, 0.3) is 0 Å². The first-order chi connectivity index (χ1) is 14.0. The molecule has 0 spiro atoms. The lowest BCUT2D eigenvalue weighted by atomic mass is 10.2. The van der Waals surface area contributed by atoms with Crippen LogP contribution in [-0.2, 0) is 15.3 Å². The first-order valence-corrected chi connectivity index (χ1v) is 10.1. The predicted molar refractivity (Wildman–Crippen MR) is 113 cm³/mol. The fraction of sp³-hybridized carbons (Fsp3) is 0.316. The van der Waals surface area contributed by atoms with Crippen LogP contribution in [-0.4, -0.2) is 44.0 Å². The smallest absolute Gasteiger partial charge is 0.311 e. The van der Waals surface area contributed by atoms with Crippen molar-refractivity contribution in [2.45, 2.75) is 5.75 Å². The number of anilines is 1. The third-order valence-electron chi connectivity index (χ3n) is 3.72. The van der Waals surface area contributed by atoms with Crippen LogP contribution in [0.25, 0.3) is 0 Å². The van der Waals surface area contributed by atoms with Crippen molar-refractivity contribution in [2.75, 3.05) is 38.5 Å². The van der Waals surface area contributed by atoms with Gasteiger partial charge in [-0.3, -0.25) is 14.9 Å². The molecule has 0 bridgehead atoms. The average molecular weight is 441 g/mol. The first kappa shape index (κ1) is 22.8. The molecule has 10 heteroatoms. The highest BCUT2D eigenvalue weighted by molar-refractivity contribution is 7.99. The molecule has 2 aromatic rings. The molecule has 2 aromatic carbocycles. The number of methoxy groups -OCH3 is 2. The standard InChI is InChI=1S/C19H21ClN2O6S/c1-26-8-9-28-19-14(20)4-3-5-15(19)21-18(23)12-29-11-13-6-7-17(27-2)16(10-13)22(24)25/h3-7,10H,8-9,11-12H2,1-2H3,(H,21,23). The largest absolute Gasteiger partial charge is 0.490 e. The Morgan fingerprint density at radius 2 is 2.03 bits per heavy atom. The third-order valence-corrected chi connectivity index (χ3v) is 5.02. The van der Waals surface area contributed by atoms with Gasteiger partial charge < -0.3 is 19.5 Å². The first-order valence-electron chi connectivity index (χ1n) is 8.55. The number of thioether (sulfide) groups is 1. The highest BCUT2D eigenvalue weighted by atomic mass is 35.5. The molecule has 0 fully saturated rings. The number of hydrogen-bond acceptors (Lipinski definition) is 7. The highest BCUT2D eigenvalue weighted by Gasteiger charge is 2.16. The topological polar surface area (TPSA) is 99.9 Å². The Hall–Kier alpha value is -2.49. The van der Waals surface area contributed by atoms with Gasteiger partial charge in [-0.15, -0.1) is 11.8 Å². The minimum Gasteiger partial charge on any atom is -0.490 e. The van der Waals surface area contributed by atoms with Gasteiger partial charge in [-0.2, -0.15) is 0 Å². The summed E-state index contributed by atoms with van der Waals surface area (Å²) in [4.78, 5) is 22.9. The van der Waals surface area contributed by atoms with Crippen molar-refractivity contribution in [3.05, 3.63) is 57.1 Å². The Bertz CT molecular complexity index is 865. The van der Waals surface area contributed by atoms with Gasteiger partial charge in [0.1, 0.15) is 6.61 Å². The lowest BCUT2D eigenvalue weighted by molar-refractivity contribution is -0.385. The van der Waals surface area contributed by atoms with E-state index >= 15 is 0 Å². The molecule has 2 rings (SSSR count). The number of halogens is 1. The monoisotopic (exact) mass is 440 g/mol. The van der Waals surface area contributed by atoms with Crippen molar-refractivity contribution >= 4 is 40.6 Å². The van der Waals surface area contributed by atoms with E-state index in [9.17, 15) is 14.9 Å². The van der Waals surface area contributed by atoms with Crippen molar-refractivity contribution in [2.24, 2.45) is 0 Å². The second-order valence-corrected chi connectivity index (χ2v) is 7.15. The number of hydrogen-bond donors (Lipinski definition) is 1. The summed E-state index contributed by atoms with van der Waals surface area (Å²) in [5.74, 6) is 0.935. The van der Waals surface area contributed by atoms with Crippen LogP contribution in [0.15, 0.2) is 36.4 Å². The molecule has 0 atom stereocenters. The number of amides is 1. The molecular formula is C19H21ClN2O6S. The van der Waals surface area contributed by atoms with E-state index in [0.717, 1.165) is 5.56 Å². The summed E-state index contributed by atoms with van der Waals surface area (Å²) < 4.78 is 15.5. The zero-order valence-electron chi connectivity index (χ0n) is 16.0. The number of nitrogens with one attached hydrogen (secondary N) is 1. The molecule has 1 amide bonds. The van der Waals surface area contributed by atoms with Gasteiger partial charge in [0.2, 0.25) is 5.91 Å². The number of rotatable bonds is 11. The number of ether oxygens (including phenoxy) is 3. The summed E-state index contributed by atoms with van der Waals surface area (Å²) >= 11 is 7.48. The summed E-state index contributed by atoms with van der Waals surface area (Å²) in [5, 5.41) is 14.3. The maximum absolute atomic E-state index is 12.3. The quantitative estimate of drug-likeness (QED) is 0.318. The Labute approximate surface area is 177 Å². The van der Waals surface area contributed by atoms with Crippen LogP contribution in [0.5, 0.6) is 11.5 Å². The van der Waals surface area contributed by atoms with E-state index in [2.05, 4.69) is 5.32 Å². The molecule has 8 nitrogen and oxygen atoms in total. The fourth-order valence-corrected chi connectivity index (χ4v) is 3.40. The Morgan fingerprint density at radius 1 is 1.24 bits per heavy atom. The zero-order valence-corrected chi connectivity index (χ0v) is 17.5. The van der Waals surface area contributed by atoms with Crippen molar-refractivity contribution in [1.29, 1.82) is 0 Å². The van der Waals surface area contributed by atoms with E-state index in [-0.39, 0.29) is 23.1 Å². The van der Waals surface area contributed by atoms with E-state index in [1.165, 1.54) is 24.9 Å². The maximum atomic E-state index is 12.3. The normalized spacial score (nSPS) is 10.4. The number of nitro benzene ring substituents is 1. The molecule has 0 aliphatic heterocycles. The molecule has 0 aliphatic rings. The molecular weight excluding hydrogens is 420 g/mol. The van der Waals surface area contributed by atoms with Crippen LogP contribution in [0.4, 0.5) is 11.4 Å². The van der Waals surface area contributed by atoms with E-state index in [4.69, 9.17) is 25.8 Å². The third kappa shape index (κ3) is 6.81. The average Bonchev–Trinajstić information content (AvgIpc) is 2.70. The van der Waals surface area contributed by atoms with Gasteiger partial charge in [0.15, 0.2) is 11.5 Å². The van der Waals surface area contributed by atoms with E-state index < -0.39 is 4.92 Å². The molecule has 0 radical (unpaired) electrons.